The molecule has 0 bridgehead atoms. The van der Waals surface area contributed by atoms with Gasteiger partial charge >= 0.3 is 5.97 Å². The van der Waals surface area contributed by atoms with Gasteiger partial charge in [-0.15, -0.1) is 0 Å². The van der Waals surface area contributed by atoms with Gasteiger partial charge in [-0.3, -0.25) is 9.59 Å². The highest BCUT2D eigenvalue weighted by Gasteiger charge is 2.34. The molecule has 0 aliphatic carbocycles. The fourth-order valence-corrected chi connectivity index (χ4v) is 4.93. The quantitative estimate of drug-likeness (QED) is 0.556. The highest BCUT2D eigenvalue weighted by Crippen LogP contribution is 2.25. The number of rotatable bonds is 8. The van der Waals surface area contributed by atoms with E-state index in [0.29, 0.717) is 25.1 Å². The van der Waals surface area contributed by atoms with Gasteiger partial charge in [-0.2, -0.15) is 4.31 Å². The molecule has 0 spiro atoms. The lowest BCUT2D eigenvalue weighted by molar-refractivity contribution is -0.126. The highest BCUT2D eigenvalue weighted by molar-refractivity contribution is 7.89. The normalized spacial score (nSPS) is 15.1. The van der Waals surface area contributed by atoms with Crippen LogP contribution < -0.4 is 10.6 Å². The van der Waals surface area contributed by atoms with Crippen molar-refractivity contribution in [3.05, 3.63) is 47.7 Å². The monoisotopic (exact) mass is 477 g/mol. The highest BCUT2D eigenvalue weighted by atomic mass is 32.2. The second-order valence-corrected chi connectivity index (χ2v) is 9.49. The molecule has 33 heavy (non-hydrogen) atoms. The summed E-state index contributed by atoms with van der Waals surface area (Å²) in [6, 6.07) is 9.68. The molecule has 2 N–H and O–H groups in total. The maximum absolute atomic E-state index is 12.8. The molecule has 1 saturated heterocycles. The molecule has 1 aliphatic heterocycles. The van der Waals surface area contributed by atoms with E-state index in [-0.39, 0.29) is 48.3 Å². The Hall–Kier alpha value is -3.18. The first-order valence-corrected chi connectivity index (χ1v) is 12.1. The van der Waals surface area contributed by atoms with Crippen LogP contribution in [-0.2, 0) is 30.9 Å². The van der Waals surface area contributed by atoms with E-state index in [2.05, 4.69) is 10.6 Å². The Morgan fingerprint density at radius 1 is 1.15 bits per heavy atom. The average Bonchev–Trinajstić information content (AvgIpc) is 3.29. The number of hydrogen-bond acceptors (Lipinski definition) is 7. The Bertz CT molecular complexity index is 1120. The average molecular weight is 478 g/mol. The number of hydrogen-bond donors (Lipinski definition) is 2. The van der Waals surface area contributed by atoms with Crippen LogP contribution in [0.1, 0.15) is 42.8 Å². The zero-order valence-corrected chi connectivity index (χ0v) is 19.3. The zero-order chi connectivity index (χ0) is 24.0. The van der Waals surface area contributed by atoms with Crippen molar-refractivity contribution < 1.29 is 32.0 Å². The van der Waals surface area contributed by atoms with Crippen LogP contribution in [-0.4, -0.2) is 50.2 Å². The lowest BCUT2D eigenvalue weighted by atomic mass is 9.97. The molecule has 1 aromatic carbocycles. The lowest BCUT2D eigenvalue weighted by Crippen LogP contribution is -2.42. The van der Waals surface area contributed by atoms with E-state index in [1.165, 1.54) is 23.4 Å². The molecule has 1 aliphatic rings. The number of carbonyl (C=O) groups is 3. The van der Waals surface area contributed by atoms with E-state index in [4.69, 9.17) is 9.15 Å². The number of nitrogens with zero attached hydrogens (tertiary/aromatic N) is 1. The number of furan rings is 1. The van der Waals surface area contributed by atoms with Gasteiger partial charge in [-0.05, 0) is 49.6 Å². The first-order valence-electron chi connectivity index (χ1n) is 10.6. The van der Waals surface area contributed by atoms with Crippen LogP contribution >= 0.6 is 0 Å². The summed E-state index contributed by atoms with van der Waals surface area (Å²) >= 11 is 0. The van der Waals surface area contributed by atoms with Gasteiger partial charge in [0.25, 0.3) is 10.0 Å². The SMILES string of the molecule is CCOC(=O)c1ccc(S(=O)(=O)N2CCC(C(=O)NCc3cccc(NC(C)=O)c3)CC2)o1. The van der Waals surface area contributed by atoms with Crippen molar-refractivity contribution in [1.29, 1.82) is 0 Å². The molecule has 3 rings (SSSR count). The third-order valence-corrected chi connectivity index (χ3v) is 6.96. The Morgan fingerprint density at radius 2 is 1.88 bits per heavy atom. The summed E-state index contributed by atoms with van der Waals surface area (Å²) in [6.45, 7) is 3.83. The molecule has 0 atom stereocenters. The van der Waals surface area contributed by atoms with Gasteiger partial charge < -0.3 is 19.8 Å². The minimum absolute atomic E-state index is 0.151. The number of sulfonamides is 1. The van der Waals surface area contributed by atoms with Gasteiger partial charge in [0.1, 0.15) is 0 Å². The molecule has 2 amide bonds. The van der Waals surface area contributed by atoms with Gasteiger partial charge in [0.2, 0.25) is 22.7 Å². The topological polar surface area (TPSA) is 135 Å². The first-order chi connectivity index (χ1) is 15.7. The van der Waals surface area contributed by atoms with E-state index in [1.807, 2.05) is 6.07 Å². The number of carbonyl (C=O) groups excluding carboxylic acids is 3. The molecule has 10 nitrogen and oxygen atoms in total. The van der Waals surface area contributed by atoms with E-state index in [0.717, 1.165) is 5.56 Å². The number of anilines is 1. The summed E-state index contributed by atoms with van der Waals surface area (Å²) < 4.78 is 36.9. The van der Waals surface area contributed by atoms with Crippen molar-refractivity contribution in [1.82, 2.24) is 9.62 Å². The summed E-state index contributed by atoms with van der Waals surface area (Å²) in [5.41, 5.74) is 1.49. The van der Waals surface area contributed by atoms with Gasteiger partial charge in [0, 0.05) is 38.2 Å². The molecule has 178 valence electrons. The van der Waals surface area contributed by atoms with Crippen molar-refractivity contribution in [2.75, 3.05) is 25.0 Å². The van der Waals surface area contributed by atoms with Crippen LogP contribution in [0.3, 0.4) is 0 Å². The Morgan fingerprint density at radius 3 is 2.55 bits per heavy atom. The number of piperidine rings is 1. The number of nitrogens with one attached hydrogen (secondary N) is 2. The molecular weight excluding hydrogens is 450 g/mol. The Labute approximate surface area is 192 Å². The predicted octanol–water partition coefficient (Wildman–Crippen LogP) is 2.13. The predicted molar refractivity (Wildman–Crippen MR) is 119 cm³/mol. The van der Waals surface area contributed by atoms with E-state index in [9.17, 15) is 22.8 Å². The molecule has 1 aromatic heterocycles. The first kappa shape index (κ1) is 24.5. The van der Waals surface area contributed by atoms with Crippen molar-refractivity contribution >= 4 is 33.5 Å². The second kappa shape index (κ2) is 10.6. The fraction of sp³-hybridized carbons (Fsp3) is 0.409. The summed E-state index contributed by atoms with van der Waals surface area (Å²) in [5, 5.41) is 5.24. The van der Waals surface area contributed by atoms with E-state index >= 15 is 0 Å². The maximum Gasteiger partial charge on any atom is 0.374 e. The second-order valence-electron chi connectivity index (χ2n) is 7.62. The van der Waals surface area contributed by atoms with Gasteiger partial charge in [0.05, 0.1) is 6.61 Å². The van der Waals surface area contributed by atoms with E-state index < -0.39 is 16.0 Å². The fourth-order valence-electron chi connectivity index (χ4n) is 3.55. The lowest BCUT2D eigenvalue weighted by Gasteiger charge is -2.29. The largest absolute Gasteiger partial charge is 0.460 e. The minimum atomic E-state index is -3.92. The van der Waals surface area contributed by atoms with E-state index in [1.54, 1.807) is 25.1 Å². The molecule has 0 radical (unpaired) electrons. The van der Waals surface area contributed by atoms with Crippen LogP contribution in [0.4, 0.5) is 5.69 Å². The summed E-state index contributed by atoms with van der Waals surface area (Å²) in [6.07, 6.45) is 0.727. The number of benzene rings is 1. The van der Waals surface area contributed by atoms with Crippen LogP contribution in [0.15, 0.2) is 45.9 Å². The van der Waals surface area contributed by atoms with Crippen LogP contribution in [0.2, 0.25) is 0 Å². The van der Waals surface area contributed by atoms with Gasteiger partial charge in [-0.25, -0.2) is 13.2 Å². The molecule has 2 aromatic rings. The Balaban J connectivity index is 1.53. The summed E-state index contributed by atoms with van der Waals surface area (Å²) in [5.74, 6) is -1.55. The van der Waals surface area contributed by atoms with Gasteiger partial charge in [0.15, 0.2) is 0 Å². The summed E-state index contributed by atoms with van der Waals surface area (Å²) in [4.78, 5) is 35.5. The Kier molecular flexibility index (Phi) is 7.88. The number of esters is 1. The zero-order valence-electron chi connectivity index (χ0n) is 18.5. The third kappa shape index (κ3) is 6.20. The van der Waals surface area contributed by atoms with Crippen molar-refractivity contribution in [2.24, 2.45) is 5.92 Å². The molecular formula is C22H27N3O7S. The number of ether oxygens (including phenoxy) is 1. The van der Waals surface area contributed by atoms with Crippen molar-refractivity contribution in [2.45, 2.75) is 38.3 Å². The van der Waals surface area contributed by atoms with Crippen molar-refractivity contribution in [3.8, 4) is 0 Å². The molecule has 0 saturated carbocycles. The van der Waals surface area contributed by atoms with Crippen LogP contribution in [0.25, 0.3) is 0 Å². The summed E-state index contributed by atoms with van der Waals surface area (Å²) in [7, 11) is -3.92. The standard InChI is InChI=1S/C22H27N3O7S/c1-3-31-22(28)19-7-8-20(32-19)33(29,30)25-11-9-17(10-12-25)21(27)23-14-16-5-4-6-18(13-16)24-15(2)26/h4-8,13,17H,3,9-12,14H2,1-2H3,(H,23,27)(H,24,26). The van der Waals surface area contributed by atoms with Crippen LogP contribution in [0, 0.1) is 5.92 Å². The minimum Gasteiger partial charge on any atom is -0.460 e. The third-order valence-electron chi connectivity index (χ3n) is 5.19. The molecule has 11 heteroatoms. The molecule has 1 fully saturated rings. The van der Waals surface area contributed by atoms with Crippen molar-refractivity contribution in [3.63, 3.8) is 0 Å². The van der Waals surface area contributed by atoms with Crippen LogP contribution in [0.5, 0.6) is 0 Å². The molecule has 0 unspecified atom stereocenters. The maximum atomic E-state index is 12.8. The molecule has 2 heterocycles. The smallest absolute Gasteiger partial charge is 0.374 e. The number of amides is 2. The van der Waals surface area contributed by atoms with Gasteiger partial charge in [-0.1, -0.05) is 12.1 Å².